The van der Waals surface area contributed by atoms with Crippen LogP contribution in [-0.2, 0) is 11.3 Å². The summed E-state index contributed by atoms with van der Waals surface area (Å²) in [4.78, 5) is 25.3. The molecule has 0 spiro atoms. The average Bonchev–Trinajstić information content (AvgIpc) is 2.99. The van der Waals surface area contributed by atoms with Gasteiger partial charge in [-0.15, -0.1) is 0 Å². The van der Waals surface area contributed by atoms with Crippen LogP contribution >= 0.6 is 11.6 Å². The van der Waals surface area contributed by atoms with Gasteiger partial charge in [-0.2, -0.15) is 0 Å². The maximum atomic E-state index is 11.8. The zero-order valence-electron chi connectivity index (χ0n) is 11.9. The lowest BCUT2D eigenvalue weighted by atomic mass is 10.2. The largest absolute Gasteiger partial charge is 0.343 e. The number of rotatable bonds is 5. The second-order valence-electron chi connectivity index (χ2n) is 5.08. The van der Waals surface area contributed by atoms with Gasteiger partial charge in [-0.3, -0.25) is 4.79 Å². The summed E-state index contributed by atoms with van der Waals surface area (Å²) in [6.07, 6.45) is 2.52. The van der Waals surface area contributed by atoms with E-state index in [9.17, 15) is 9.59 Å². The third-order valence-corrected chi connectivity index (χ3v) is 3.66. The number of benzene rings is 1. The molecule has 21 heavy (non-hydrogen) atoms. The Bertz CT molecular complexity index is 501. The summed E-state index contributed by atoms with van der Waals surface area (Å²) < 4.78 is 0. The Morgan fingerprint density at radius 1 is 1.19 bits per heavy atom. The van der Waals surface area contributed by atoms with E-state index >= 15 is 0 Å². The van der Waals surface area contributed by atoms with Crippen LogP contribution in [0.3, 0.4) is 0 Å². The Morgan fingerprint density at radius 3 is 2.67 bits per heavy atom. The lowest BCUT2D eigenvalue weighted by Crippen LogP contribution is -2.38. The maximum absolute atomic E-state index is 11.8. The van der Waals surface area contributed by atoms with E-state index in [1.807, 2.05) is 17.0 Å². The van der Waals surface area contributed by atoms with Crippen LogP contribution in [0.5, 0.6) is 0 Å². The molecule has 1 aliphatic rings. The number of carbonyl (C=O) groups excluding carboxylic acids is 2. The fraction of sp³-hybridized carbons (Fsp3) is 0.467. The molecule has 5 nitrogen and oxygen atoms in total. The molecule has 0 bridgehead atoms. The Hall–Kier alpha value is -1.75. The number of urea groups is 1. The van der Waals surface area contributed by atoms with Crippen LogP contribution < -0.4 is 10.6 Å². The van der Waals surface area contributed by atoms with Crippen molar-refractivity contribution in [2.24, 2.45) is 0 Å². The number of amides is 3. The lowest BCUT2D eigenvalue weighted by Gasteiger charge is -2.15. The van der Waals surface area contributed by atoms with Gasteiger partial charge < -0.3 is 15.5 Å². The van der Waals surface area contributed by atoms with Gasteiger partial charge >= 0.3 is 6.03 Å². The zero-order valence-corrected chi connectivity index (χ0v) is 12.7. The number of hydrogen-bond acceptors (Lipinski definition) is 2. The predicted octanol–water partition coefficient (Wildman–Crippen LogP) is 2.15. The van der Waals surface area contributed by atoms with Gasteiger partial charge in [0.15, 0.2) is 0 Å². The molecule has 0 unspecified atom stereocenters. The molecule has 0 aliphatic carbocycles. The van der Waals surface area contributed by atoms with Crippen LogP contribution in [0.4, 0.5) is 4.79 Å². The third kappa shape index (κ3) is 5.27. The van der Waals surface area contributed by atoms with E-state index in [2.05, 4.69) is 10.6 Å². The van der Waals surface area contributed by atoms with Crippen molar-refractivity contribution in [2.75, 3.05) is 19.6 Å². The minimum Gasteiger partial charge on any atom is -0.343 e. The van der Waals surface area contributed by atoms with Gasteiger partial charge in [0.25, 0.3) is 0 Å². The number of hydrogen-bond donors (Lipinski definition) is 2. The van der Waals surface area contributed by atoms with Crippen molar-refractivity contribution in [1.82, 2.24) is 15.5 Å². The Balaban J connectivity index is 1.62. The standard InChI is InChI=1S/C15H20ClN3O2/c16-13-5-3-4-12(10-13)11-18-15(21)17-7-6-14(20)19-8-1-2-9-19/h3-5,10H,1-2,6-9,11H2,(H2,17,18,21). The molecule has 2 rings (SSSR count). The van der Waals surface area contributed by atoms with Crippen molar-refractivity contribution in [3.05, 3.63) is 34.9 Å². The van der Waals surface area contributed by atoms with E-state index in [0.717, 1.165) is 31.5 Å². The Labute approximate surface area is 129 Å². The minimum atomic E-state index is -0.274. The smallest absolute Gasteiger partial charge is 0.315 e. The highest BCUT2D eigenvalue weighted by Crippen LogP contribution is 2.10. The molecule has 0 aromatic heterocycles. The second kappa shape index (κ2) is 7.88. The minimum absolute atomic E-state index is 0.114. The molecule has 2 N–H and O–H groups in total. The SMILES string of the molecule is O=C(NCCC(=O)N1CCCC1)NCc1cccc(Cl)c1. The molecule has 1 saturated heterocycles. The average molecular weight is 310 g/mol. The van der Waals surface area contributed by atoms with Crippen LogP contribution in [0.25, 0.3) is 0 Å². The normalized spacial score (nSPS) is 14.0. The molecule has 0 atom stereocenters. The summed E-state index contributed by atoms with van der Waals surface area (Å²) in [5, 5.41) is 6.07. The predicted molar refractivity (Wildman–Crippen MR) is 82.1 cm³/mol. The van der Waals surface area contributed by atoms with Crippen LogP contribution in [0.1, 0.15) is 24.8 Å². The van der Waals surface area contributed by atoms with Crippen molar-refractivity contribution in [1.29, 1.82) is 0 Å². The zero-order chi connectivity index (χ0) is 15.1. The van der Waals surface area contributed by atoms with Crippen molar-refractivity contribution in [3.8, 4) is 0 Å². The monoisotopic (exact) mass is 309 g/mol. The number of carbonyl (C=O) groups is 2. The van der Waals surface area contributed by atoms with Crippen molar-refractivity contribution < 1.29 is 9.59 Å². The fourth-order valence-electron chi connectivity index (χ4n) is 2.30. The molecule has 1 fully saturated rings. The van der Waals surface area contributed by atoms with Crippen LogP contribution in [0.2, 0.25) is 5.02 Å². The molecular formula is C15H20ClN3O2. The maximum Gasteiger partial charge on any atom is 0.315 e. The molecule has 1 aromatic carbocycles. The third-order valence-electron chi connectivity index (χ3n) is 3.43. The summed E-state index contributed by atoms with van der Waals surface area (Å²) in [5.74, 6) is 0.114. The molecule has 3 amide bonds. The van der Waals surface area contributed by atoms with E-state index in [0.29, 0.717) is 24.5 Å². The van der Waals surface area contributed by atoms with Gasteiger partial charge in [-0.25, -0.2) is 4.79 Å². The van der Waals surface area contributed by atoms with Gasteiger partial charge in [-0.1, -0.05) is 23.7 Å². The van der Waals surface area contributed by atoms with Gasteiger partial charge in [0, 0.05) is 37.6 Å². The molecule has 1 aromatic rings. The molecule has 1 aliphatic heterocycles. The number of nitrogens with one attached hydrogen (secondary N) is 2. The first kappa shape index (κ1) is 15.6. The fourth-order valence-corrected chi connectivity index (χ4v) is 2.51. The van der Waals surface area contributed by atoms with Crippen LogP contribution in [0, 0.1) is 0 Å². The number of likely N-dealkylation sites (tertiary alicyclic amines) is 1. The summed E-state index contributed by atoms with van der Waals surface area (Å²) in [6.45, 7) is 2.46. The van der Waals surface area contributed by atoms with Crippen LogP contribution in [-0.4, -0.2) is 36.5 Å². The van der Waals surface area contributed by atoms with Gasteiger partial charge in [0.1, 0.15) is 0 Å². The molecule has 0 saturated carbocycles. The molecule has 114 valence electrons. The van der Waals surface area contributed by atoms with E-state index in [-0.39, 0.29) is 11.9 Å². The second-order valence-corrected chi connectivity index (χ2v) is 5.51. The first-order chi connectivity index (χ1) is 10.1. The van der Waals surface area contributed by atoms with Crippen LogP contribution in [0.15, 0.2) is 24.3 Å². The van der Waals surface area contributed by atoms with Gasteiger partial charge in [0.05, 0.1) is 0 Å². The van der Waals surface area contributed by atoms with E-state index < -0.39 is 0 Å². The molecule has 1 heterocycles. The molecule has 0 radical (unpaired) electrons. The summed E-state index contributed by atoms with van der Waals surface area (Å²) in [7, 11) is 0. The van der Waals surface area contributed by atoms with Gasteiger partial charge in [0.2, 0.25) is 5.91 Å². The first-order valence-corrected chi connectivity index (χ1v) is 7.57. The Kier molecular flexibility index (Phi) is 5.87. The highest BCUT2D eigenvalue weighted by atomic mass is 35.5. The van der Waals surface area contributed by atoms with E-state index in [1.165, 1.54) is 0 Å². The Morgan fingerprint density at radius 2 is 1.95 bits per heavy atom. The molecular weight excluding hydrogens is 290 g/mol. The topological polar surface area (TPSA) is 61.4 Å². The number of halogens is 1. The van der Waals surface area contributed by atoms with E-state index in [1.54, 1.807) is 12.1 Å². The number of nitrogens with zero attached hydrogens (tertiary/aromatic N) is 1. The quantitative estimate of drug-likeness (QED) is 0.875. The van der Waals surface area contributed by atoms with Crippen molar-refractivity contribution in [3.63, 3.8) is 0 Å². The summed E-state index contributed by atoms with van der Waals surface area (Å²) in [5.41, 5.74) is 0.936. The van der Waals surface area contributed by atoms with Crippen molar-refractivity contribution in [2.45, 2.75) is 25.8 Å². The highest BCUT2D eigenvalue weighted by Gasteiger charge is 2.17. The van der Waals surface area contributed by atoms with Gasteiger partial charge in [-0.05, 0) is 30.5 Å². The summed E-state index contributed by atoms with van der Waals surface area (Å²) in [6, 6.07) is 7.05. The summed E-state index contributed by atoms with van der Waals surface area (Å²) >= 11 is 5.87. The first-order valence-electron chi connectivity index (χ1n) is 7.19. The van der Waals surface area contributed by atoms with E-state index in [4.69, 9.17) is 11.6 Å². The molecule has 6 heteroatoms. The lowest BCUT2D eigenvalue weighted by molar-refractivity contribution is -0.129. The van der Waals surface area contributed by atoms with Crippen molar-refractivity contribution >= 4 is 23.5 Å². The highest BCUT2D eigenvalue weighted by molar-refractivity contribution is 6.30.